The van der Waals surface area contributed by atoms with E-state index in [9.17, 15) is 4.79 Å². The summed E-state index contributed by atoms with van der Waals surface area (Å²) in [4.78, 5) is 20.5. The summed E-state index contributed by atoms with van der Waals surface area (Å²) in [7, 11) is 0. The zero-order chi connectivity index (χ0) is 16.8. The Labute approximate surface area is 148 Å². The molecule has 0 spiro atoms. The summed E-state index contributed by atoms with van der Waals surface area (Å²) in [6, 6.07) is 11.2. The van der Waals surface area contributed by atoms with Crippen molar-refractivity contribution in [2.24, 2.45) is 0 Å². The quantitative estimate of drug-likeness (QED) is 0.698. The van der Waals surface area contributed by atoms with Crippen LogP contribution >= 0.6 is 22.9 Å². The fourth-order valence-electron chi connectivity index (χ4n) is 2.02. The van der Waals surface area contributed by atoms with Crippen molar-refractivity contribution in [3.63, 3.8) is 0 Å². The van der Waals surface area contributed by atoms with Crippen molar-refractivity contribution in [3.8, 4) is 10.6 Å². The van der Waals surface area contributed by atoms with Crippen LogP contribution in [0.1, 0.15) is 11.3 Å². The van der Waals surface area contributed by atoms with Crippen molar-refractivity contribution in [2.45, 2.75) is 6.54 Å². The topological polar surface area (TPSA) is 54.9 Å². The van der Waals surface area contributed by atoms with Crippen molar-refractivity contribution in [1.29, 1.82) is 0 Å². The van der Waals surface area contributed by atoms with Gasteiger partial charge in [0.05, 0.1) is 12.2 Å². The Morgan fingerprint density at radius 1 is 1.25 bits per heavy atom. The van der Waals surface area contributed by atoms with E-state index < -0.39 is 0 Å². The summed E-state index contributed by atoms with van der Waals surface area (Å²) >= 11 is 7.57. The lowest BCUT2D eigenvalue weighted by atomic mass is 10.2. The number of nitrogens with one attached hydrogen (secondary N) is 1. The van der Waals surface area contributed by atoms with Gasteiger partial charge in [-0.2, -0.15) is 0 Å². The first-order valence-corrected chi connectivity index (χ1v) is 8.53. The smallest absolute Gasteiger partial charge is 0.244 e. The van der Waals surface area contributed by atoms with Gasteiger partial charge < -0.3 is 5.32 Å². The monoisotopic (exact) mass is 355 g/mol. The highest BCUT2D eigenvalue weighted by Crippen LogP contribution is 2.22. The number of thiazole rings is 1. The van der Waals surface area contributed by atoms with Crippen LogP contribution in [-0.4, -0.2) is 15.9 Å². The molecule has 0 fully saturated rings. The molecule has 0 aliphatic rings. The molecule has 1 amide bonds. The van der Waals surface area contributed by atoms with Crippen molar-refractivity contribution in [1.82, 2.24) is 15.3 Å². The van der Waals surface area contributed by atoms with Crippen LogP contribution in [0.5, 0.6) is 0 Å². The van der Waals surface area contributed by atoms with E-state index in [-0.39, 0.29) is 5.91 Å². The Morgan fingerprint density at radius 3 is 2.92 bits per heavy atom. The van der Waals surface area contributed by atoms with E-state index in [2.05, 4.69) is 15.3 Å². The van der Waals surface area contributed by atoms with Crippen molar-refractivity contribution >= 4 is 34.9 Å². The SMILES string of the molecule is O=C(/C=C/c1ccccc1Cl)NCc1csc(-c2cccnc2)n1. The summed E-state index contributed by atoms with van der Waals surface area (Å²) < 4.78 is 0. The van der Waals surface area contributed by atoms with Gasteiger partial charge in [0, 0.05) is 34.4 Å². The first-order valence-electron chi connectivity index (χ1n) is 7.27. The first-order chi connectivity index (χ1) is 11.7. The van der Waals surface area contributed by atoms with E-state index in [4.69, 9.17) is 11.6 Å². The van der Waals surface area contributed by atoms with Gasteiger partial charge in [0.25, 0.3) is 0 Å². The Bertz CT molecular complexity index is 861. The molecule has 0 radical (unpaired) electrons. The van der Waals surface area contributed by atoms with Gasteiger partial charge in [-0.25, -0.2) is 4.98 Å². The second-order valence-electron chi connectivity index (χ2n) is 4.96. The van der Waals surface area contributed by atoms with Crippen molar-refractivity contribution in [2.75, 3.05) is 0 Å². The van der Waals surface area contributed by atoms with Crippen molar-refractivity contribution in [3.05, 3.63) is 76.5 Å². The van der Waals surface area contributed by atoms with Crippen LogP contribution in [0.15, 0.2) is 60.2 Å². The average molecular weight is 356 g/mol. The number of amides is 1. The van der Waals surface area contributed by atoms with Gasteiger partial charge in [-0.15, -0.1) is 11.3 Å². The predicted octanol–water partition coefficient (Wildman–Crippen LogP) is 4.19. The second kappa shape index (κ2) is 7.86. The highest BCUT2D eigenvalue weighted by Gasteiger charge is 2.05. The summed E-state index contributed by atoms with van der Waals surface area (Å²) in [5, 5.41) is 6.25. The van der Waals surface area contributed by atoms with Crippen LogP contribution in [0.3, 0.4) is 0 Å². The fourth-order valence-corrected chi connectivity index (χ4v) is 3.03. The number of benzene rings is 1. The normalized spacial score (nSPS) is 10.9. The molecule has 24 heavy (non-hydrogen) atoms. The minimum atomic E-state index is -0.189. The Kier molecular flexibility index (Phi) is 5.36. The van der Waals surface area contributed by atoms with E-state index >= 15 is 0 Å². The van der Waals surface area contributed by atoms with E-state index in [1.165, 1.54) is 17.4 Å². The number of aromatic nitrogens is 2. The molecule has 1 N–H and O–H groups in total. The summed E-state index contributed by atoms with van der Waals surface area (Å²) in [5.41, 5.74) is 2.60. The minimum absolute atomic E-state index is 0.189. The molecule has 120 valence electrons. The lowest BCUT2D eigenvalue weighted by molar-refractivity contribution is -0.116. The summed E-state index contributed by atoms with van der Waals surface area (Å²) in [6.07, 6.45) is 6.66. The number of hydrogen-bond donors (Lipinski definition) is 1. The van der Waals surface area contributed by atoms with Gasteiger partial charge in [0.1, 0.15) is 5.01 Å². The van der Waals surface area contributed by atoms with Gasteiger partial charge in [0.2, 0.25) is 5.91 Å². The van der Waals surface area contributed by atoms with Gasteiger partial charge in [-0.05, 0) is 29.8 Å². The van der Waals surface area contributed by atoms with Gasteiger partial charge in [0.15, 0.2) is 0 Å². The van der Waals surface area contributed by atoms with E-state index in [1.807, 2.05) is 35.7 Å². The number of rotatable bonds is 5. The maximum absolute atomic E-state index is 11.9. The summed E-state index contributed by atoms with van der Waals surface area (Å²) in [6.45, 7) is 0.377. The van der Waals surface area contributed by atoms with Crippen LogP contribution in [-0.2, 0) is 11.3 Å². The predicted molar refractivity (Wildman–Crippen MR) is 97.7 cm³/mol. The fraction of sp³-hybridized carbons (Fsp3) is 0.0556. The highest BCUT2D eigenvalue weighted by atomic mass is 35.5. The molecular formula is C18H14ClN3OS. The molecule has 6 heteroatoms. The molecule has 4 nitrogen and oxygen atoms in total. The van der Waals surface area contributed by atoms with Crippen molar-refractivity contribution < 1.29 is 4.79 Å². The zero-order valence-electron chi connectivity index (χ0n) is 12.6. The maximum atomic E-state index is 11.9. The van der Waals surface area contributed by atoms with E-state index in [0.29, 0.717) is 11.6 Å². The largest absolute Gasteiger partial charge is 0.347 e. The molecule has 0 saturated heterocycles. The molecule has 3 rings (SSSR count). The molecule has 0 bridgehead atoms. The lowest BCUT2D eigenvalue weighted by Crippen LogP contribution is -2.20. The number of hydrogen-bond acceptors (Lipinski definition) is 4. The van der Waals surface area contributed by atoms with Gasteiger partial charge in [-0.3, -0.25) is 9.78 Å². The number of nitrogens with zero attached hydrogens (tertiary/aromatic N) is 2. The van der Waals surface area contributed by atoms with Crippen LogP contribution in [0.2, 0.25) is 5.02 Å². The maximum Gasteiger partial charge on any atom is 0.244 e. The molecule has 0 atom stereocenters. The molecule has 2 aromatic heterocycles. The Hall–Kier alpha value is -2.50. The first kappa shape index (κ1) is 16.4. The number of pyridine rings is 1. The number of halogens is 1. The van der Waals surface area contributed by atoms with Crippen LogP contribution in [0.4, 0.5) is 0 Å². The number of carbonyl (C=O) groups excluding carboxylic acids is 1. The Balaban J connectivity index is 1.57. The third-order valence-electron chi connectivity index (χ3n) is 3.22. The lowest BCUT2D eigenvalue weighted by Gasteiger charge is -2.00. The Morgan fingerprint density at radius 2 is 2.12 bits per heavy atom. The molecule has 1 aromatic carbocycles. The van der Waals surface area contributed by atoms with Gasteiger partial charge in [-0.1, -0.05) is 29.8 Å². The molecule has 3 aromatic rings. The molecular weight excluding hydrogens is 342 g/mol. The van der Waals surface area contributed by atoms with Crippen LogP contribution in [0.25, 0.3) is 16.6 Å². The highest BCUT2D eigenvalue weighted by molar-refractivity contribution is 7.13. The number of carbonyl (C=O) groups is 1. The molecule has 0 unspecified atom stereocenters. The molecule has 2 heterocycles. The zero-order valence-corrected chi connectivity index (χ0v) is 14.2. The second-order valence-corrected chi connectivity index (χ2v) is 6.22. The molecule has 0 saturated carbocycles. The van der Waals surface area contributed by atoms with Crippen LogP contribution in [0, 0.1) is 0 Å². The molecule has 0 aliphatic carbocycles. The standard InChI is InChI=1S/C18H14ClN3OS/c19-16-6-2-1-4-13(16)7-8-17(23)21-11-15-12-24-18(22-15)14-5-3-9-20-10-14/h1-10,12H,11H2,(H,21,23)/b8-7+. The van der Waals surface area contributed by atoms with Gasteiger partial charge >= 0.3 is 0 Å². The molecule has 0 aliphatic heterocycles. The van der Waals surface area contributed by atoms with E-state index in [1.54, 1.807) is 24.5 Å². The third kappa shape index (κ3) is 4.28. The van der Waals surface area contributed by atoms with Crippen LogP contribution < -0.4 is 5.32 Å². The van der Waals surface area contributed by atoms with E-state index in [0.717, 1.165) is 21.8 Å². The third-order valence-corrected chi connectivity index (χ3v) is 4.51. The summed E-state index contributed by atoms with van der Waals surface area (Å²) in [5.74, 6) is -0.189. The minimum Gasteiger partial charge on any atom is -0.347 e. The average Bonchev–Trinajstić information content (AvgIpc) is 3.09.